The maximum atomic E-state index is 10.6. The highest BCUT2D eigenvalue weighted by atomic mass is 17.1. The van der Waals surface area contributed by atoms with Crippen LogP contribution in [-0.2, 0) is 19.4 Å². The second kappa shape index (κ2) is 11.5. The molecule has 0 aliphatic carbocycles. The molecule has 118 valence electrons. The molecular weight excluding hydrogens is 276 g/mol. The van der Waals surface area contributed by atoms with Crippen molar-refractivity contribution in [3.8, 4) is 0 Å². The van der Waals surface area contributed by atoms with Gasteiger partial charge in [0.05, 0.1) is 26.3 Å². The fourth-order valence-electron chi connectivity index (χ4n) is 1.55. The summed E-state index contributed by atoms with van der Waals surface area (Å²) >= 11 is 0. The van der Waals surface area contributed by atoms with Crippen LogP contribution in [0.15, 0.2) is 0 Å². The zero-order chi connectivity index (χ0) is 15.4. The van der Waals surface area contributed by atoms with E-state index < -0.39 is 11.9 Å². The number of nitrogens with zero attached hydrogens (tertiary/aromatic N) is 2. The van der Waals surface area contributed by atoms with Crippen LogP contribution in [0.5, 0.6) is 0 Å². The lowest BCUT2D eigenvalue weighted by atomic mass is 10.4. The number of hydrogen-bond donors (Lipinski definition) is 4. The smallest absolute Gasteiger partial charge is 0.317 e. The Hall–Kier alpha value is -1.30. The third-order valence-electron chi connectivity index (χ3n) is 2.45. The highest BCUT2D eigenvalue weighted by molar-refractivity contribution is 5.72. The van der Waals surface area contributed by atoms with Crippen molar-refractivity contribution in [2.75, 3.05) is 52.5 Å². The van der Waals surface area contributed by atoms with Crippen molar-refractivity contribution in [2.24, 2.45) is 0 Å². The Kier molecular flexibility index (Phi) is 10.8. The van der Waals surface area contributed by atoms with Crippen LogP contribution in [0.25, 0.3) is 0 Å². The molecule has 4 N–H and O–H groups in total. The second-order valence-electron chi connectivity index (χ2n) is 4.01. The van der Waals surface area contributed by atoms with Crippen LogP contribution in [0.4, 0.5) is 0 Å². The summed E-state index contributed by atoms with van der Waals surface area (Å²) in [6.45, 7) is 0.497. The first-order valence-corrected chi connectivity index (χ1v) is 5.90. The minimum atomic E-state index is -1.12. The average molecular weight is 296 g/mol. The lowest BCUT2D eigenvalue weighted by Gasteiger charge is -2.25. The fourth-order valence-corrected chi connectivity index (χ4v) is 1.55. The monoisotopic (exact) mass is 296 g/mol. The quantitative estimate of drug-likeness (QED) is 0.240. The van der Waals surface area contributed by atoms with E-state index in [1.807, 2.05) is 0 Å². The van der Waals surface area contributed by atoms with Gasteiger partial charge >= 0.3 is 11.9 Å². The van der Waals surface area contributed by atoms with Crippen LogP contribution in [-0.4, -0.2) is 94.9 Å². The molecule has 0 bridgehead atoms. The number of carboxylic acid groups (broad SMARTS) is 2. The Morgan fingerprint density at radius 1 is 0.750 bits per heavy atom. The number of carbonyl (C=O) groups is 2. The molecule has 0 rings (SSSR count). The highest BCUT2D eigenvalue weighted by Gasteiger charge is 2.15. The maximum Gasteiger partial charge on any atom is 0.317 e. The van der Waals surface area contributed by atoms with Crippen molar-refractivity contribution in [2.45, 2.75) is 0 Å². The molecule has 0 fully saturated rings. The molecular formula is C10H20N2O8. The standard InChI is InChI=1S/C10H20N2O8/c13-9(14)7-12(8-10(15)16)2-1-11(3-5-19-17)4-6-20-18/h17-18H,1-8H2,(H,13,14)(H,15,16). The molecule has 0 aromatic rings. The SMILES string of the molecule is O=C(O)CN(CCN(CCOO)CCOO)CC(=O)O. The van der Waals surface area contributed by atoms with Crippen LogP contribution < -0.4 is 0 Å². The van der Waals surface area contributed by atoms with Crippen molar-refractivity contribution < 1.29 is 40.1 Å². The van der Waals surface area contributed by atoms with Crippen LogP contribution in [0.2, 0.25) is 0 Å². The van der Waals surface area contributed by atoms with Gasteiger partial charge in [-0.1, -0.05) is 0 Å². The largest absolute Gasteiger partial charge is 0.480 e. The van der Waals surface area contributed by atoms with Crippen molar-refractivity contribution in [1.29, 1.82) is 0 Å². The molecule has 0 unspecified atom stereocenters. The normalized spacial score (nSPS) is 11.2. The van der Waals surface area contributed by atoms with Gasteiger partial charge in [-0.3, -0.25) is 29.9 Å². The van der Waals surface area contributed by atoms with Crippen LogP contribution >= 0.6 is 0 Å². The molecule has 0 atom stereocenters. The average Bonchev–Trinajstić information content (AvgIpc) is 2.36. The number of aliphatic carboxylic acids is 2. The number of hydrogen-bond acceptors (Lipinski definition) is 8. The summed E-state index contributed by atoms with van der Waals surface area (Å²) in [6.07, 6.45) is 0. The number of rotatable bonds is 13. The Morgan fingerprint density at radius 3 is 1.50 bits per heavy atom. The predicted octanol–water partition coefficient (Wildman–Crippen LogP) is -1.26. The summed E-state index contributed by atoms with van der Waals surface area (Å²) < 4.78 is 0. The third-order valence-corrected chi connectivity index (χ3v) is 2.45. The zero-order valence-electron chi connectivity index (χ0n) is 11.0. The molecule has 0 heterocycles. The lowest BCUT2D eigenvalue weighted by Crippen LogP contribution is -2.42. The van der Waals surface area contributed by atoms with E-state index in [0.29, 0.717) is 19.6 Å². The molecule has 0 saturated heterocycles. The van der Waals surface area contributed by atoms with Gasteiger partial charge in [-0.15, -0.1) is 0 Å². The van der Waals surface area contributed by atoms with Gasteiger partial charge in [0.2, 0.25) is 0 Å². The molecule has 10 heteroatoms. The third kappa shape index (κ3) is 10.6. The van der Waals surface area contributed by atoms with Gasteiger partial charge in [0.1, 0.15) is 0 Å². The van der Waals surface area contributed by atoms with Gasteiger partial charge in [0.15, 0.2) is 0 Å². The van der Waals surface area contributed by atoms with Crippen LogP contribution in [0.3, 0.4) is 0 Å². The first-order valence-electron chi connectivity index (χ1n) is 5.90. The van der Waals surface area contributed by atoms with Gasteiger partial charge in [0.25, 0.3) is 0 Å². The van der Waals surface area contributed by atoms with Crippen LogP contribution in [0.1, 0.15) is 0 Å². The molecule has 0 aliphatic rings. The molecule has 0 aromatic carbocycles. The summed E-state index contributed by atoms with van der Waals surface area (Å²) in [6, 6.07) is 0. The van der Waals surface area contributed by atoms with E-state index in [2.05, 4.69) is 9.78 Å². The Balaban J connectivity index is 4.26. The molecule has 0 saturated carbocycles. The van der Waals surface area contributed by atoms with E-state index >= 15 is 0 Å². The molecule has 20 heavy (non-hydrogen) atoms. The van der Waals surface area contributed by atoms with Gasteiger partial charge < -0.3 is 10.2 Å². The maximum absolute atomic E-state index is 10.6. The summed E-state index contributed by atoms with van der Waals surface area (Å²) in [7, 11) is 0. The molecule has 0 aliphatic heterocycles. The second-order valence-corrected chi connectivity index (χ2v) is 4.01. The Bertz CT molecular complexity index is 264. The molecule has 0 amide bonds. The van der Waals surface area contributed by atoms with E-state index in [4.69, 9.17) is 20.7 Å². The van der Waals surface area contributed by atoms with E-state index in [9.17, 15) is 9.59 Å². The minimum Gasteiger partial charge on any atom is -0.480 e. The number of carboxylic acids is 2. The van der Waals surface area contributed by atoms with Crippen molar-refractivity contribution in [1.82, 2.24) is 9.80 Å². The summed E-state index contributed by atoms with van der Waals surface area (Å²) in [5.74, 6) is -2.23. The van der Waals surface area contributed by atoms with Gasteiger partial charge in [-0.2, -0.15) is 0 Å². The predicted molar refractivity (Wildman–Crippen MR) is 65.3 cm³/mol. The summed E-state index contributed by atoms with van der Waals surface area (Å²) in [5, 5.41) is 33.9. The van der Waals surface area contributed by atoms with Crippen molar-refractivity contribution in [3.05, 3.63) is 0 Å². The van der Waals surface area contributed by atoms with Gasteiger partial charge in [-0.05, 0) is 0 Å². The molecule has 0 spiro atoms. The molecule has 0 aromatic heterocycles. The Morgan fingerprint density at radius 2 is 1.15 bits per heavy atom. The summed E-state index contributed by atoms with van der Waals surface area (Å²) in [5.41, 5.74) is 0. The van der Waals surface area contributed by atoms with Crippen molar-refractivity contribution >= 4 is 11.9 Å². The minimum absolute atomic E-state index is 0.0310. The first kappa shape index (κ1) is 18.7. The molecule has 10 nitrogen and oxygen atoms in total. The highest BCUT2D eigenvalue weighted by Crippen LogP contribution is 1.94. The Labute approximate surface area is 115 Å². The van der Waals surface area contributed by atoms with Gasteiger partial charge in [0, 0.05) is 26.2 Å². The summed E-state index contributed by atoms with van der Waals surface area (Å²) in [4.78, 5) is 32.1. The molecule has 0 radical (unpaired) electrons. The van der Waals surface area contributed by atoms with Gasteiger partial charge in [-0.25, -0.2) is 9.78 Å². The van der Waals surface area contributed by atoms with Crippen LogP contribution in [0, 0.1) is 0 Å². The van der Waals surface area contributed by atoms with E-state index in [-0.39, 0.29) is 32.8 Å². The van der Waals surface area contributed by atoms with E-state index in [1.54, 1.807) is 4.90 Å². The fraction of sp³-hybridized carbons (Fsp3) is 0.800. The first-order chi connectivity index (χ1) is 9.49. The lowest BCUT2D eigenvalue weighted by molar-refractivity contribution is -0.251. The van der Waals surface area contributed by atoms with E-state index in [0.717, 1.165) is 0 Å². The van der Waals surface area contributed by atoms with E-state index in [1.165, 1.54) is 4.90 Å². The van der Waals surface area contributed by atoms with Crippen molar-refractivity contribution in [3.63, 3.8) is 0 Å². The topological polar surface area (TPSA) is 140 Å². The zero-order valence-corrected chi connectivity index (χ0v) is 11.0.